The zero-order valence-corrected chi connectivity index (χ0v) is 15.8. The van der Waals surface area contributed by atoms with E-state index in [1.165, 1.54) is 0 Å². The van der Waals surface area contributed by atoms with E-state index >= 15 is 0 Å². The Kier molecular flexibility index (Phi) is 4.75. The molecule has 0 unspecified atom stereocenters. The minimum absolute atomic E-state index is 0.0892. The molecule has 0 N–H and O–H groups in total. The number of Topliss-reactive ketones (excluding diaryl/α,β-unsaturated/α-hetero) is 1. The summed E-state index contributed by atoms with van der Waals surface area (Å²) in [6.07, 6.45) is 3.57. The average Bonchev–Trinajstić information content (AvgIpc) is 2.66. The summed E-state index contributed by atoms with van der Waals surface area (Å²) in [7, 11) is 0. The second kappa shape index (κ2) is 7.20. The van der Waals surface area contributed by atoms with Crippen molar-refractivity contribution >= 4 is 28.4 Å². The number of ether oxygens (including phenoxy) is 1. The third-order valence-electron chi connectivity index (χ3n) is 4.95. The molecule has 0 spiro atoms. The molecule has 1 aromatic heterocycles. The quantitative estimate of drug-likeness (QED) is 0.476. The van der Waals surface area contributed by atoms with Crippen LogP contribution in [0.1, 0.15) is 39.9 Å². The third-order valence-corrected chi connectivity index (χ3v) is 5.21. The Morgan fingerprint density at radius 3 is 2.56 bits per heavy atom. The summed E-state index contributed by atoms with van der Waals surface area (Å²) < 4.78 is 11.5. The molecule has 0 saturated heterocycles. The molecule has 0 aliphatic heterocycles. The summed E-state index contributed by atoms with van der Waals surface area (Å²) in [5.74, 6) is 0.460. The van der Waals surface area contributed by atoms with Crippen LogP contribution in [0.5, 0.6) is 5.75 Å². The number of rotatable bonds is 4. The summed E-state index contributed by atoms with van der Waals surface area (Å²) in [5, 5.41) is 1.40. The van der Waals surface area contributed by atoms with Gasteiger partial charge >= 0.3 is 5.63 Å². The van der Waals surface area contributed by atoms with Crippen LogP contribution in [-0.4, -0.2) is 12.4 Å². The molecule has 0 atom stereocenters. The summed E-state index contributed by atoms with van der Waals surface area (Å²) in [5.41, 5.74) is 3.47. The Morgan fingerprint density at radius 2 is 1.81 bits per heavy atom. The Labute approximate surface area is 161 Å². The molecule has 1 aliphatic carbocycles. The minimum atomic E-state index is -0.258. The van der Waals surface area contributed by atoms with Crippen molar-refractivity contribution in [2.24, 2.45) is 0 Å². The number of hydrogen-bond acceptors (Lipinski definition) is 4. The van der Waals surface area contributed by atoms with Crippen molar-refractivity contribution in [1.82, 2.24) is 0 Å². The van der Waals surface area contributed by atoms with Crippen molar-refractivity contribution in [2.75, 3.05) is 6.61 Å². The van der Waals surface area contributed by atoms with Gasteiger partial charge in [-0.15, -0.1) is 0 Å². The Morgan fingerprint density at radius 1 is 1.11 bits per heavy atom. The van der Waals surface area contributed by atoms with Crippen LogP contribution in [-0.2, 0) is 12.8 Å². The molecule has 3 aromatic rings. The molecule has 4 nitrogen and oxygen atoms in total. The first-order valence-electron chi connectivity index (χ1n) is 9.04. The van der Waals surface area contributed by atoms with E-state index in [2.05, 4.69) is 0 Å². The standard InChI is InChI=1S/C22H19ClO4/c1-13-10-19(26-12-18(24)14-6-8-15(23)9-7-14)21-16-4-2-3-5-17(16)22(25)27-20(21)11-13/h6-11H,2-5,12H2,1H3. The Hall–Kier alpha value is -2.59. The summed E-state index contributed by atoms with van der Waals surface area (Å²) >= 11 is 5.87. The first-order valence-corrected chi connectivity index (χ1v) is 9.41. The lowest BCUT2D eigenvalue weighted by Gasteiger charge is -2.18. The number of hydrogen-bond donors (Lipinski definition) is 0. The molecule has 1 heterocycles. The molecule has 0 saturated carbocycles. The van der Waals surface area contributed by atoms with Crippen molar-refractivity contribution in [3.63, 3.8) is 0 Å². The molecular weight excluding hydrogens is 364 g/mol. The average molecular weight is 383 g/mol. The zero-order chi connectivity index (χ0) is 19.0. The summed E-state index contributed by atoms with van der Waals surface area (Å²) in [6, 6.07) is 10.5. The lowest BCUT2D eigenvalue weighted by atomic mass is 9.90. The zero-order valence-electron chi connectivity index (χ0n) is 15.0. The molecule has 5 heteroatoms. The van der Waals surface area contributed by atoms with E-state index in [0.29, 0.717) is 21.9 Å². The second-order valence-electron chi connectivity index (χ2n) is 6.91. The summed E-state index contributed by atoms with van der Waals surface area (Å²) in [4.78, 5) is 24.8. The fourth-order valence-corrected chi connectivity index (χ4v) is 3.77. The van der Waals surface area contributed by atoms with Crippen LogP contribution < -0.4 is 10.4 Å². The highest BCUT2D eigenvalue weighted by Crippen LogP contribution is 2.34. The monoisotopic (exact) mass is 382 g/mol. The van der Waals surface area contributed by atoms with E-state index in [1.54, 1.807) is 24.3 Å². The van der Waals surface area contributed by atoms with Gasteiger partial charge in [0, 0.05) is 16.1 Å². The van der Waals surface area contributed by atoms with Gasteiger partial charge in [-0.25, -0.2) is 4.79 Å². The van der Waals surface area contributed by atoms with Gasteiger partial charge in [-0.1, -0.05) is 11.6 Å². The van der Waals surface area contributed by atoms with Crippen LogP contribution >= 0.6 is 11.6 Å². The van der Waals surface area contributed by atoms with Gasteiger partial charge in [-0.05, 0) is 80.1 Å². The Balaban J connectivity index is 1.71. The SMILES string of the molecule is Cc1cc(OCC(=O)c2ccc(Cl)cc2)c2c3c(c(=O)oc2c1)CCCC3. The first kappa shape index (κ1) is 17.8. The third kappa shape index (κ3) is 3.50. The maximum Gasteiger partial charge on any atom is 0.339 e. The molecule has 1 aliphatic rings. The van der Waals surface area contributed by atoms with Crippen molar-refractivity contribution in [3.8, 4) is 5.75 Å². The fourth-order valence-electron chi connectivity index (χ4n) is 3.64. The van der Waals surface area contributed by atoms with Gasteiger partial charge in [0.25, 0.3) is 0 Å². The maximum absolute atomic E-state index is 12.5. The number of benzene rings is 2. The number of aryl methyl sites for hydroxylation is 2. The number of halogens is 1. The van der Waals surface area contributed by atoms with Crippen LogP contribution in [0.25, 0.3) is 11.0 Å². The van der Waals surface area contributed by atoms with E-state index in [9.17, 15) is 9.59 Å². The largest absolute Gasteiger partial charge is 0.485 e. The van der Waals surface area contributed by atoms with Gasteiger partial charge in [-0.2, -0.15) is 0 Å². The molecule has 27 heavy (non-hydrogen) atoms. The number of ketones is 1. The van der Waals surface area contributed by atoms with Gasteiger partial charge in [0.1, 0.15) is 11.3 Å². The van der Waals surface area contributed by atoms with Crippen LogP contribution in [0.2, 0.25) is 5.02 Å². The molecule has 0 fully saturated rings. The number of carbonyl (C=O) groups excluding carboxylic acids is 1. The van der Waals surface area contributed by atoms with Crippen LogP contribution in [0.3, 0.4) is 0 Å². The van der Waals surface area contributed by atoms with E-state index in [4.69, 9.17) is 20.8 Å². The normalized spacial score (nSPS) is 13.4. The highest BCUT2D eigenvalue weighted by Gasteiger charge is 2.21. The first-order chi connectivity index (χ1) is 13.0. The molecular formula is C22H19ClO4. The van der Waals surface area contributed by atoms with Crippen molar-refractivity contribution in [1.29, 1.82) is 0 Å². The highest BCUT2D eigenvalue weighted by atomic mass is 35.5. The van der Waals surface area contributed by atoms with Gasteiger partial charge in [0.2, 0.25) is 0 Å². The Bertz CT molecular complexity index is 1080. The molecule has 138 valence electrons. The van der Waals surface area contributed by atoms with E-state index in [-0.39, 0.29) is 18.0 Å². The molecule has 0 bridgehead atoms. The van der Waals surface area contributed by atoms with E-state index < -0.39 is 0 Å². The van der Waals surface area contributed by atoms with Crippen molar-refractivity contribution < 1.29 is 13.9 Å². The fraction of sp³-hybridized carbons (Fsp3) is 0.273. The molecule has 0 amide bonds. The molecule has 0 radical (unpaired) electrons. The second-order valence-corrected chi connectivity index (χ2v) is 7.35. The van der Waals surface area contributed by atoms with Crippen LogP contribution in [0.15, 0.2) is 45.6 Å². The minimum Gasteiger partial charge on any atom is -0.485 e. The maximum atomic E-state index is 12.5. The van der Waals surface area contributed by atoms with Gasteiger partial charge in [0.05, 0.1) is 5.39 Å². The predicted octanol–water partition coefficient (Wildman–Crippen LogP) is 4.90. The molecule has 4 rings (SSSR count). The highest BCUT2D eigenvalue weighted by molar-refractivity contribution is 6.30. The topological polar surface area (TPSA) is 56.5 Å². The van der Waals surface area contributed by atoms with Crippen LogP contribution in [0.4, 0.5) is 0 Å². The number of fused-ring (bicyclic) bond motifs is 3. The lowest BCUT2D eigenvalue weighted by molar-refractivity contribution is 0.0922. The van der Waals surface area contributed by atoms with Gasteiger partial charge < -0.3 is 9.15 Å². The van der Waals surface area contributed by atoms with Gasteiger partial charge in [-0.3, -0.25) is 4.79 Å². The predicted molar refractivity (Wildman–Crippen MR) is 105 cm³/mol. The number of carbonyl (C=O) groups is 1. The van der Waals surface area contributed by atoms with Crippen LogP contribution in [0, 0.1) is 6.92 Å². The van der Waals surface area contributed by atoms with Crippen molar-refractivity contribution in [2.45, 2.75) is 32.6 Å². The smallest absolute Gasteiger partial charge is 0.339 e. The summed E-state index contributed by atoms with van der Waals surface area (Å²) in [6.45, 7) is 1.82. The van der Waals surface area contributed by atoms with E-state index in [1.807, 2.05) is 19.1 Å². The van der Waals surface area contributed by atoms with Crippen molar-refractivity contribution in [3.05, 3.63) is 74.1 Å². The van der Waals surface area contributed by atoms with Gasteiger partial charge in [0.15, 0.2) is 12.4 Å². The van der Waals surface area contributed by atoms with E-state index in [0.717, 1.165) is 47.8 Å². The molecule has 2 aromatic carbocycles. The lowest BCUT2D eigenvalue weighted by Crippen LogP contribution is -2.17.